The van der Waals surface area contributed by atoms with Crippen LogP contribution in [-0.2, 0) is 14.4 Å². The summed E-state index contributed by atoms with van der Waals surface area (Å²) in [6, 6.07) is 12.1. The lowest BCUT2D eigenvalue weighted by atomic mass is 10.2. The van der Waals surface area contributed by atoms with Gasteiger partial charge in [-0.25, -0.2) is 5.43 Å². The van der Waals surface area contributed by atoms with E-state index in [1.807, 2.05) is 0 Å². The van der Waals surface area contributed by atoms with Crippen molar-refractivity contribution in [2.45, 2.75) is 18.9 Å². The summed E-state index contributed by atoms with van der Waals surface area (Å²) in [4.78, 5) is 35.6. The van der Waals surface area contributed by atoms with Crippen LogP contribution in [0.5, 0.6) is 11.5 Å². The summed E-state index contributed by atoms with van der Waals surface area (Å²) >= 11 is 3.35. The van der Waals surface area contributed by atoms with Crippen molar-refractivity contribution in [3.8, 4) is 11.5 Å². The van der Waals surface area contributed by atoms with Gasteiger partial charge in [0.15, 0.2) is 6.61 Å². The minimum absolute atomic E-state index is 0.0800. The first-order valence-corrected chi connectivity index (χ1v) is 10.2. The second kappa shape index (κ2) is 10.6. The third-order valence-corrected chi connectivity index (χ3v) is 4.69. The Bertz CT molecular complexity index is 990. The van der Waals surface area contributed by atoms with Crippen molar-refractivity contribution in [3.05, 3.63) is 52.5 Å². The van der Waals surface area contributed by atoms with Crippen LogP contribution in [0.1, 0.15) is 18.4 Å². The molecule has 0 atom stereocenters. The van der Waals surface area contributed by atoms with Crippen LogP contribution in [-0.4, -0.2) is 43.7 Å². The number of carbonyl (C=O) groups is 3. The molecule has 10 heteroatoms. The summed E-state index contributed by atoms with van der Waals surface area (Å²) in [5, 5.41) is 9.10. The highest BCUT2D eigenvalue weighted by atomic mass is 79.9. The minimum Gasteiger partial charge on any atom is -0.497 e. The molecule has 0 aromatic heterocycles. The van der Waals surface area contributed by atoms with Crippen molar-refractivity contribution in [2.24, 2.45) is 5.10 Å². The maximum absolute atomic E-state index is 12.2. The van der Waals surface area contributed by atoms with Gasteiger partial charge >= 0.3 is 11.8 Å². The van der Waals surface area contributed by atoms with E-state index in [9.17, 15) is 14.4 Å². The number of anilines is 1. The van der Waals surface area contributed by atoms with Gasteiger partial charge in [0.25, 0.3) is 5.91 Å². The van der Waals surface area contributed by atoms with E-state index in [4.69, 9.17) is 9.47 Å². The number of nitrogens with zero attached hydrogens (tertiary/aromatic N) is 1. The smallest absolute Gasteiger partial charge is 0.329 e. The number of nitrogens with one attached hydrogen (secondary N) is 3. The molecule has 0 unspecified atom stereocenters. The highest BCUT2D eigenvalue weighted by molar-refractivity contribution is 9.10. The molecule has 3 rings (SSSR count). The third-order valence-electron chi connectivity index (χ3n) is 4.19. The molecule has 1 aliphatic rings. The van der Waals surface area contributed by atoms with E-state index >= 15 is 0 Å². The average Bonchev–Trinajstić information content (AvgIpc) is 3.57. The van der Waals surface area contributed by atoms with Crippen molar-refractivity contribution in [2.75, 3.05) is 19.0 Å². The van der Waals surface area contributed by atoms with Gasteiger partial charge in [0.05, 0.1) is 13.3 Å². The summed E-state index contributed by atoms with van der Waals surface area (Å²) in [5.41, 5.74) is 3.29. The fraction of sp³-hybridized carbons (Fsp3) is 0.238. The Kier molecular flexibility index (Phi) is 7.60. The van der Waals surface area contributed by atoms with Gasteiger partial charge < -0.3 is 20.1 Å². The Hall–Kier alpha value is -3.40. The topological polar surface area (TPSA) is 118 Å². The van der Waals surface area contributed by atoms with E-state index in [0.717, 1.165) is 17.3 Å². The SMILES string of the molecule is COc1ccc(NC(=O)COc2ccc(Br)cc2/C=N\NC(=O)C(=O)NC2CC2)cc1. The predicted octanol–water partition coefficient (Wildman–Crippen LogP) is 2.20. The van der Waals surface area contributed by atoms with Gasteiger partial charge in [-0.15, -0.1) is 0 Å². The Morgan fingerprint density at radius 2 is 1.87 bits per heavy atom. The number of rotatable bonds is 8. The van der Waals surface area contributed by atoms with Gasteiger partial charge in [-0.3, -0.25) is 14.4 Å². The molecular formula is C21H21BrN4O5. The largest absolute Gasteiger partial charge is 0.497 e. The molecule has 0 radical (unpaired) electrons. The van der Waals surface area contributed by atoms with Crippen LogP contribution < -0.4 is 25.5 Å². The predicted molar refractivity (Wildman–Crippen MR) is 118 cm³/mol. The van der Waals surface area contributed by atoms with E-state index in [1.165, 1.54) is 6.21 Å². The zero-order valence-electron chi connectivity index (χ0n) is 16.7. The molecule has 0 bridgehead atoms. The molecule has 162 valence electrons. The zero-order valence-corrected chi connectivity index (χ0v) is 18.3. The van der Waals surface area contributed by atoms with Crippen LogP contribution in [0.4, 0.5) is 5.69 Å². The number of carbonyl (C=O) groups excluding carboxylic acids is 3. The van der Waals surface area contributed by atoms with E-state index in [0.29, 0.717) is 22.7 Å². The zero-order chi connectivity index (χ0) is 22.2. The molecule has 3 N–H and O–H groups in total. The molecule has 0 heterocycles. The summed E-state index contributed by atoms with van der Waals surface area (Å²) in [6.45, 7) is -0.231. The quantitative estimate of drug-likeness (QED) is 0.299. The fourth-order valence-corrected chi connectivity index (χ4v) is 2.83. The molecule has 2 aromatic rings. The van der Waals surface area contributed by atoms with E-state index < -0.39 is 11.8 Å². The number of benzene rings is 2. The lowest BCUT2D eigenvalue weighted by Gasteiger charge is -2.10. The number of amides is 3. The number of hydrogen-bond acceptors (Lipinski definition) is 6. The third kappa shape index (κ3) is 7.10. The highest BCUT2D eigenvalue weighted by Crippen LogP contribution is 2.22. The summed E-state index contributed by atoms with van der Waals surface area (Å²) in [5.74, 6) is -0.847. The summed E-state index contributed by atoms with van der Waals surface area (Å²) in [6.07, 6.45) is 3.10. The number of methoxy groups -OCH3 is 1. The van der Waals surface area contributed by atoms with Gasteiger partial charge in [0, 0.05) is 21.8 Å². The first kappa shape index (κ1) is 22.3. The normalized spacial score (nSPS) is 12.8. The maximum atomic E-state index is 12.2. The maximum Gasteiger partial charge on any atom is 0.329 e. The van der Waals surface area contributed by atoms with Crippen molar-refractivity contribution < 1.29 is 23.9 Å². The van der Waals surface area contributed by atoms with E-state index in [-0.39, 0.29) is 18.6 Å². The van der Waals surface area contributed by atoms with Crippen LogP contribution in [0, 0.1) is 0 Å². The second-order valence-corrected chi connectivity index (χ2v) is 7.61. The molecule has 31 heavy (non-hydrogen) atoms. The molecule has 1 aliphatic carbocycles. The lowest BCUT2D eigenvalue weighted by Crippen LogP contribution is -2.38. The van der Waals surface area contributed by atoms with E-state index in [1.54, 1.807) is 49.6 Å². The van der Waals surface area contributed by atoms with Gasteiger partial charge in [0.1, 0.15) is 11.5 Å². The van der Waals surface area contributed by atoms with Crippen LogP contribution >= 0.6 is 15.9 Å². The van der Waals surface area contributed by atoms with Crippen LogP contribution in [0.25, 0.3) is 0 Å². The van der Waals surface area contributed by atoms with Crippen molar-refractivity contribution in [1.82, 2.24) is 10.7 Å². The Balaban J connectivity index is 1.55. The highest BCUT2D eigenvalue weighted by Gasteiger charge is 2.26. The molecule has 1 fully saturated rings. The fourth-order valence-electron chi connectivity index (χ4n) is 2.46. The summed E-state index contributed by atoms with van der Waals surface area (Å²) < 4.78 is 11.4. The average molecular weight is 489 g/mol. The van der Waals surface area contributed by atoms with Gasteiger partial charge in [-0.1, -0.05) is 15.9 Å². The number of hydrogen-bond donors (Lipinski definition) is 3. The number of halogens is 1. The standard InChI is InChI=1S/C21H21BrN4O5/c1-30-17-7-5-15(6-8-17)24-19(27)12-31-18-9-2-14(22)10-13(18)11-23-26-21(29)20(28)25-16-3-4-16/h2,5-11,16H,3-4,12H2,1H3,(H,24,27)(H,25,28)(H,26,29)/b23-11-. The Morgan fingerprint density at radius 1 is 1.13 bits per heavy atom. The first-order chi connectivity index (χ1) is 14.9. The van der Waals surface area contributed by atoms with Crippen molar-refractivity contribution in [1.29, 1.82) is 0 Å². The van der Waals surface area contributed by atoms with Crippen molar-refractivity contribution in [3.63, 3.8) is 0 Å². The number of hydrazone groups is 1. The molecule has 1 saturated carbocycles. The lowest BCUT2D eigenvalue weighted by molar-refractivity contribution is -0.139. The van der Waals surface area contributed by atoms with Crippen LogP contribution in [0.15, 0.2) is 52.0 Å². The molecule has 2 aromatic carbocycles. The monoisotopic (exact) mass is 488 g/mol. The Labute approximate surface area is 187 Å². The van der Waals surface area contributed by atoms with Crippen LogP contribution in [0.2, 0.25) is 0 Å². The molecule has 0 saturated heterocycles. The molecule has 0 spiro atoms. The Morgan fingerprint density at radius 3 is 2.55 bits per heavy atom. The molecular weight excluding hydrogens is 468 g/mol. The summed E-state index contributed by atoms with van der Waals surface area (Å²) in [7, 11) is 1.56. The molecule has 3 amide bonds. The van der Waals surface area contributed by atoms with Crippen molar-refractivity contribution >= 4 is 45.6 Å². The first-order valence-electron chi connectivity index (χ1n) is 9.45. The van der Waals surface area contributed by atoms with Gasteiger partial charge in [-0.05, 0) is 55.3 Å². The van der Waals surface area contributed by atoms with E-state index in [2.05, 4.69) is 37.1 Å². The van der Waals surface area contributed by atoms with Crippen LogP contribution in [0.3, 0.4) is 0 Å². The van der Waals surface area contributed by atoms with Gasteiger partial charge in [0.2, 0.25) is 0 Å². The molecule has 0 aliphatic heterocycles. The van der Waals surface area contributed by atoms with Gasteiger partial charge in [-0.2, -0.15) is 5.10 Å². The second-order valence-electron chi connectivity index (χ2n) is 6.69. The molecule has 9 nitrogen and oxygen atoms in total. The minimum atomic E-state index is -0.848. The number of ether oxygens (including phenoxy) is 2.